The molecule has 2 rings (SSSR count). The van der Waals surface area contributed by atoms with Gasteiger partial charge in [-0.1, -0.05) is 6.07 Å². The van der Waals surface area contributed by atoms with Crippen molar-refractivity contribution in [2.24, 2.45) is 0 Å². The van der Waals surface area contributed by atoms with Gasteiger partial charge in [0, 0.05) is 29.4 Å². The lowest BCUT2D eigenvalue weighted by Gasteiger charge is -2.23. The lowest BCUT2D eigenvalue weighted by atomic mass is 10.2. The molecule has 1 atom stereocenters. The summed E-state index contributed by atoms with van der Waals surface area (Å²) >= 11 is 3.57. The number of nitrogens with zero attached hydrogens (tertiary/aromatic N) is 2. The Morgan fingerprint density at radius 1 is 1.42 bits per heavy atom. The molecule has 0 fully saturated rings. The molecule has 2 aromatic heterocycles. The van der Waals surface area contributed by atoms with Gasteiger partial charge in [-0.3, -0.25) is 4.90 Å². The quantitative estimate of drug-likeness (QED) is 0.851. The van der Waals surface area contributed by atoms with E-state index in [2.05, 4.69) is 52.1 Å². The zero-order valence-electron chi connectivity index (χ0n) is 11.7. The highest BCUT2D eigenvalue weighted by molar-refractivity contribution is 7.10. The van der Waals surface area contributed by atoms with Gasteiger partial charge in [0.25, 0.3) is 0 Å². The number of hydrogen-bond acceptors (Lipinski definition) is 5. The van der Waals surface area contributed by atoms with E-state index in [9.17, 15) is 0 Å². The predicted molar refractivity (Wildman–Crippen MR) is 83.8 cm³/mol. The van der Waals surface area contributed by atoms with Crippen LogP contribution in [0.1, 0.15) is 22.5 Å². The topological polar surface area (TPSA) is 28.2 Å². The zero-order chi connectivity index (χ0) is 13.7. The predicted octanol–water partition coefficient (Wildman–Crippen LogP) is 2.99. The van der Waals surface area contributed by atoms with Crippen molar-refractivity contribution < 1.29 is 0 Å². The number of likely N-dealkylation sites (N-methyl/N-ethyl adjacent to an activating group) is 1. The zero-order valence-corrected chi connectivity index (χ0v) is 13.4. The van der Waals surface area contributed by atoms with E-state index in [1.165, 1.54) is 10.6 Å². The number of nitrogens with one attached hydrogen (secondary N) is 1. The van der Waals surface area contributed by atoms with E-state index < -0.39 is 0 Å². The van der Waals surface area contributed by atoms with Crippen molar-refractivity contribution in [3.8, 4) is 0 Å². The molecule has 19 heavy (non-hydrogen) atoms. The Bertz CT molecular complexity index is 479. The molecule has 0 aliphatic rings. The first-order valence-electron chi connectivity index (χ1n) is 6.49. The maximum atomic E-state index is 4.64. The molecule has 0 aromatic carbocycles. The lowest BCUT2D eigenvalue weighted by Crippen LogP contribution is -2.30. The summed E-state index contributed by atoms with van der Waals surface area (Å²) in [5.74, 6) is 0. The molecule has 2 heterocycles. The van der Waals surface area contributed by atoms with Crippen LogP contribution in [0.15, 0.2) is 22.9 Å². The van der Waals surface area contributed by atoms with Crippen molar-refractivity contribution in [2.75, 3.05) is 14.1 Å². The molecular weight excluding hydrogens is 274 g/mol. The number of thiophene rings is 1. The normalized spacial score (nSPS) is 13.1. The van der Waals surface area contributed by atoms with E-state index in [0.29, 0.717) is 6.04 Å². The summed E-state index contributed by atoms with van der Waals surface area (Å²) in [4.78, 5) is 8.46. The molecule has 0 bridgehead atoms. The van der Waals surface area contributed by atoms with Gasteiger partial charge >= 0.3 is 0 Å². The molecule has 0 aliphatic carbocycles. The SMILES string of the molecule is CNCc1nc(CN(C)C(C)Cc2cccs2)cs1. The average Bonchev–Trinajstić information content (AvgIpc) is 3.02. The van der Waals surface area contributed by atoms with Gasteiger partial charge in [-0.2, -0.15) is 0 Å². The molecule has 5 heteroatoms. The second kappa shape index (κ2) is 7.14. The molecule has 0 spiro atoms. The van der Waals surface area contributed by atoms with Crippen LogP contribution in [0.2, 0.25) is 0 Å². The van der Waals surface area contributed by atoms with Gasteiger partial charge in [-0.05, 0) is 38.9 Å². The molecule has 1 unspecified atom stereocenters. The Balaban J connectivity index is 1.86. The van der Waals surface area contributed by atoms with E-state index in [1.807, 2.05) is 18.4 Å². The average molecular weight is 295 g/mol. The van der Waals surface area contributed by atoms with E-state index in [1.54, 1.807) is 11.3 Å². The van der Waals surface area contributed by atoms with Crippen molar-refractivity contribution in [1.82, 2.24) is 15.2 Å². The highest BCUT2D eigenvalue weighted by Gasteiger charge is 2.12. The number of hydrogen-bond donors (Lipinski definition) is 1. The summed E-state index contributed by atoms with van der Waals surface area (Å²) in [6.07, 6.45) is 1.11. The lowest BCUT2D eigenvalue weighted by molar-refractivity contribution is 0.246. The third-order valence-electron chi connectivity index (χ3n) is 3.17. The molecular formula is C14H21N3S2. The Hall–Kier alpha value is -0.750. The highest BCUT2D eigenvalue weighted by Crippen LogP contribution is 2.16. The van der Waals surface area contributed by atoms with Crippen LogP contribution in [0.3, 0.4) is 0 Å². The minimum absolute atomic E-state index is 0.535. The minimum atomic E-state index is 0.535. The molecule has 2 aromatic rings. The van der Waals surface area contributed by atoms with E-state index >= 15 is 0 Å². The van der Waals surface area contributed by atoms with Gasteiger partial charge in [0.05, 0.1) is 5.69 Å². The Morgan fingerprint density at radius 2 is 2.26 bits per heavy atom. The van der Waals surface area contributed by atoms with E-state index in [0.717, 1.165) is 24.5 Å². The minimum Gasteiger partial charge on any atom is -0.314 e. The van der Waals surface area contributed by atoms with Crippen LogP contribution in [-0.4, -0.2) is 30.0 Å². The van der Waals surface area contributed by atoms with Crippen molar-refractivity contribution in [3.63, 3.8) is 0 Å². The van der Waals surface area contributed by atoms with E-state index in [-0.39, 0.29) is 0 Å². The van der Waals surface area contributed by atoms with Gasteiger partial charge in [0.15, 0.2) is 0 Å². The fraction of sp³-hybridized carbons (Fsp3) is 0.500. The molecule has 1 N–H and O–H groups in total. The second-order valence-electron chi connectivity index (χ2n) is 4.81. The van der Waals surface area contributed by atoms with Gasteiger partial charge in [0.1, 0.15) is 5.01 Å². The molecule has 0 amide bonds. The van der Waals surface area contributed by atoms with Crippen LogP contribution >= 0.6 is 22.7 Å². The number of rotatable bonds is 7. The summed E-state index contributed by atoms with van der Waals surface area (Å²) in [5, 5.41) is 8.62. The number of aromatic nitrogens is 1. The molecule has 0 saturated heterocycles. The summed E-state index contributed by atoms with van der Waals surface area (Å²) in [6, 6.07) is 4.87. The first kappa shape index (κ1) is 14.7. The van der Waals surface area contributed by atoms with Gasteiger partial charge in [-0.25, -0.2) is 4.98 Å². The fourth-order valence-corrected chi connectivity index (χ4v) is 3.56. The van der Waals surface area contributed by atoms with Crippen LogP contribution in [0, 0.1) is 0 Å². The van der Waals surface area contributed by atoms with Crippen molar-refractivity contribution >= 4 is 22.7 Å². The first-order chi connectivity index (χ1) is 9.19. The van der Waals surface area contributed by atoms with Crippen molar-refractivity contribution in [3.05, 3.63) is 38.5 Å². The van der Waals surface area contributed by atoms with Crippen LogP contribution < -0.4 is 5.32 Å². The first-order valence-corrected chi connectivity index (χ1v) is 8.25. The highest BCUT2D eigenvalue weighted by atomic mass is 32.1. The van der Waals surface area contributed by atoms with Crippen LogP contribution in [0.25, 0.3) is 0 Å². The summed E-state index contributed by atoms with van der Waals surface area (Å²) in [6.45, 7) is 4.06. The fourth-order valence-electron chi connectivity index (χ4n) is 1.94. The van der Waals surface area contributed by atoms with Crippen molar-refractivity contribution in [2.45, 2.75) is 32.5 Å². The van der Waals surface area contributed by atoms with Crippen LogP contribution in [0.5, 0.6) is 0 Å². The smallest absolute Gasteiger partial charge is 0.107 e. The maximum Gasteiger partial charge on any atom is 0.107 e. The largest absolute Gasteiger partial charge is 0.314 e. The Morgan fingerprint density at radius 3 is 2.95 bits per heavy atom. The Kier molecular flexibility index (Phi) is 5.51. The summed E-state index contributed by atoms with van der Waals surface area (Å²) in [7, 11) is 4.13. The summed E-state index contributed by atoms with van der Waals surface area (Å²) < 4.78 is 0. The standard InChI is InChI=1S/C14H21N3S2/c1-11(7-13-5-4-6-18-13)17(3)9-12-10-19-14(16-12)8-15-2/h4-6,10-11,15H,7-9H2,1-3H3. The molecule has 0 saturated carbocycles. The van der Waals surface area contributed by atoms with Crippen LogP contribution in [-0.2, 0) is 19.5 Å². The van der Waals surface area contributed by atoms with Gasteiger partial charge < -0.3 is 5.32 Å². The third-order valence-corrected chi connectivity index (χ3v) is 4.96. The van der Waals surface area contributed by atoms with Crippen LogP contribution in [0.4, 0.5) is 0 Å². The third kappa shape index (κ3) is 4.38. The van der Waals surface area contributed by atoms with E-state index in [4.69, 9.17) is 0 Å². The van der Waals surface area contributed by atoms with Crippen molar-refractivity contribution in [1.29, 1.82) is 0 Å². The second-order valence-corrected chi connectivity index (χ2v) is 6.79. The molecule has 3 nitrogen and oxygen atoms in total. The maximum absolute atomic E-state index is 4.64. The monoisotopic (exact) mass is 295 g/mol. The number of thiazole rings is 1. The summed E-state index contributed by atoms with van der Waals surface area (Å²) in [5.41, 5.74) is 1.18. The molecule has 0 radical (unpaired) electrons. The molecule has 104 valence electrons. The Labute approximate surface area is 123 Å². The van der Waals surface area contributed by atoms with Gasteiger partial charge in [-0.15, -0.1) is 22.7 Å². The molecule has 0 aliphatic heterocycles. The van der Waals surface area contributed by atoms with Gasteiger partial charge in [0.2, 0.25) is 0 Å².